The molecule has 0 aliphatic rings. The Morgan fingerprint density at radius 2 is 1.94 bits per heavy atom. The smallest absolute Gasteiger partial charge is 0.122 e. The van der Waals surface area contributed by atoms with Gasteiger partial charge in [0.2, 0.25) is 0 Å². The van der Waals surface area contributed by atoms with Crippen molar-refractivity contribution < 1.29 is 5.11 Å². The van der Waals surface area contributed by atoms with E-state index in [9.17, 15) is 5.11 Å². The summed E-state index contributed by atoms with van der Waals surface area (Å²) in [4.78, 5) is 4.07. The fourth-order valence-electron chi connectivity index (χ4n) is 1.00. The Morgan fingerprint density at radius 1 is 1.39 bits per heavy atom. The molecule has 1 aromatic heterocycles. The molecule has 100 valence electrons. The highest BCUT2D eigenvalue weighted by molar-refractivity contribution is 5.48. The van der Waals surface area contributed by atoms with Crippen LogP contribution in [0.5, 0.6) is 0 Å². The number of hydrogen-bond donors (Lipinski definition) is 2. The Labute approximate surface area is 110 Å². The minimum atomic E-state index is -1.02. The summed E-state index contributed by atoms with van der Waals surface area (Å²) in [5, 5.41) is 16.0. The molecule has 3 heteroatoms. The number of hydrogen-bond acceptors (Lipinski definition) is 3. The standard InChI is InChI=1S/C11H13NO.C2H5N.C2H6/c1-3-4-8-11(2,13)10-7-5-6-9-12-10;1-2-3;1-2/h3-9,13H,1H2,2H3;2-3H,1H3;1-2H3/b8-4+;;. The second-order valence-electron chi connectivity index (χ2n) is 3.25. The van der Waals surface area contributed by atoms with Gasteiger partial charge in [0.25, 0.3) is 0 Å². The summed E-state index contributed by atoms with van der Waals surface area (Å²) in [5.41, 5.74) is -0.386. The highest BCUT2D eigenvalue weighted by Crippen LogP contribution is 2.18. The van der Waals surface area contributed by atoms with Gasteiger partial charge >= 0.3 is 0 Å². The Balaban J connectivity index is 0. The van der Waals surface area contributed by atoms with Crippen LogP contribution in [0.25, 0.3) is 0 Å². The van der Waals surface area contributed by atoms with E-state index in [0.717, 1.165) is 0 Å². The molecular weight excluding hydrogens is 224 g/mol. The first-order chi connectivity index (χ1) is 8.58. The third-order valence-electron chi connectivity index (χ3n) is 1.74. The predicted octanol–water partition coefficient (Wildman–Crippen LogP) is 3.71. The number of nitrogens with zero attached hydrogens (tertiary/aromatic N) is 1. The molecule has 1 rings (SSSR count). The summed E-state index contributed by atoms with van der Waals surface area (Å²) in [5.74, 6) is 0. The van der Waals surface area contributed by atoms with Crippen LogP contribution >= 0.6 is 0 Å². The summed E-state index contributed by atoms with van der Waals surface area (Å²) >= 11 is 0. The molecule has 0 saturated heterocycles. The Hall–Kier alpha value is -1.74. The first kappa shape index (κ1) is 18.6. The molecule has 0 spiro atoms. The number of aromatic nitrogens is 1. The minimum absolute atomic E-state index is 0.633. The molecule has 0 amide bonds. The highest BCUT2D eigenvalue weighted by atomic mass is 16.3. The largest absolute Gasteiger partial charge is 0.380 e. The number of aliphatic hydroxyl groups is 1. The van der Waals surface area contributed by atoms with Gasteiger partial charge in [-0.3, -0.25) is 4.98 Å². The lowest BCUT2D eigenvalue weighted by Crippen LogP contribution is -2.18. The molecule has 1 heterocycles. The van der Waals surface area contributed by atoms with Crippen molar-refractivity contribution in [2.24, 2.45) is 0 Å². The third-order valence-corrected chi connectivity index (χ3v) is 1.74. The number of pyridine rings is 1. The SMILES string of the molecule is C=C/C=C/C(C)(O)c1ccccn1.CC.CC=N. The van der Waals surface area contributed by atoms with Crippen LogP contribution in [0.1, 0.15) is 33.4 Å². The summed E-state index contributed by atoms with van der Waals surface area (Å²) in [6, 6.07) is 5.45. The lowest BCUT2D eigenvalue weighted by Gasteiger charge is -2.17. The van der Waals surface area contributed by atoms with Crippen molar-refractivity contribution in [3.63, 3.8) is 0 Å². The molecule has 18 heavy (non-hydrogen) atoms. The van der Waals surface area contributed by atoms with Crippen molar-refractivity contribution in [2.75, 3.05) is 0 Å². The maximum Gasteiger partial charge on any atom is 0.122 e. The van der Waals surface area contributed by atoms with E-state index in [4.69, 9.17) is 5.41 Å². The van der Waals surface area contributed by atoms with Gasteiger partial charge in [0.05, 0.1) is 5.69 Å². The molecule has 0 aliphatic heterocycles. The van der Waals surface area contributed by atoms with Crippen molar-refractivity contribution in [1.29, 1.82) is 5.41 Å². The maximum absolute atomic E-state index is 9.92. The number of allylic oxidation sites excluding steroid dienone is 2. The average Bonchev–Trinajstić information content (AvgIpc) is 2.41. The van der Waals surface area contributed by atoms with Crippen molar-refractivity contribution >= 4 is 6.21 Å². The van der Waals surface area contributed by atoms with Gasteiger partial charge in [-0.1, -0.05) is 38.6 Å². The van der Waals surface area contributed by atoms with Crippen LogP contribution in [-0.4, -0.2) is 16.3 Å². The first-order valence-corrected chi connectivity index (χ1v) is 5.97. The molecular formula is C15H24N2O. The van der Waals surface area contributed by atoms with Crippen molar-refractivity contribution in [2.45, 2.75) is 33.3 Å². The van der Waals surface area contributed by atoms with E-state index in [0.29, 0.717) is 5.69 Å². The Kier molecular flexibility index (Phi) is 12.1. The molecule has 0 radical (unpaired) electrons. The zero-order chi connectivity index (χ0) is 14.4. The maximum atomic E-state index is 9.92. The molecule has 0 saturated carbocycles. The molecule has 0 bridgehead atoms. The average molecular weight is 248 g/mol. The van der Waals surface area contributed by atoms with Crippen LogP contribution in [0.4, 0.5) is 0 Å². The highest BCUT2D eigenvalue weighted by Gasteiger charge is 2.19. The van der Waals surface area contributed by atoms with Gasteiger partial charge in [-0.15, -0.1) is 0 Å². The van der Waals surface area contributed by atoms with Crippen LogP contribution in [0, 0.1) is 5.41 Å². The zero-order valence-electron chi connectivity index (χ0n) is 11.7. The zero-order valence-corrected chi connectivity index (χ0v) is 11.7. The Bertz CT molecular complexity index is 343. The fourth-order valence-corrected chi connectivity index (χ4v) is 1.00. The summed E-state index contributed by atoms with van der Waals surface area (Å²) in [6.45, 7) is 10.9. The lowest BCUT2D eigenvalue weighted by atomic mass is 10.0. The van der Waals surface area contributed by atoms with Gasteiger partial charge in [-0.05, 0) is 38.3 Å². The monoisotopic (exact) mass is 248 g/mol. The summed E-state index contributed by atoms with van der Waals surface area (Å²) < 4.78 is 0. The molecule has 0 aromatic carbocycles. The predicted molar refractivity (Wildman–Crippen MR) is 79.0 cm³/mol. The topological polar surface area (TPSA) is 57.0 Å². The molecule has 3 nitrogen and oxygen atoms in total. The van der Waals surface area contributed by atoms with E-state index in [1.807, 2.05) is 26.0 Å². The van der Waals surface area contributed by atoms with E-state index >= 15 is 0 Å². The van der Waals surface area contributed by atoms with Crippen LogP contribution < -0.4 is 0 Å². The van der Waals surface area contributed by atoms with Crippen LogP contribution in [-0.2, 0) is 5.60 Å². The van der Waals surface area contributed by atoms with Gasteiger partial charge in [0.1, 0.15) is 5.60 Å². The molecule has 0 aliphatic carbocycles. The quantitative estimate of drug-likeness (QED) is 0.632. The normalized spacial score (nSPS) is 12.3. The minimum Gasteiger partial charge on any atom is -0.380 e. The van der Waals surface area contributed by atoms with Gasteiger partial charge in [0, 0.05) is 6.20 Å². The van der Waals surface area contributed by atoms with E-state index < -0.39 is 5.60 Å². The van der Waals surface area contributed by atoms with Gasteiger partial charge in [0.15, 0.2) is 0 Å². The van der Waals surface area contributed by atoms with Crippen LogP contribution in [0.3, 0.4) is 0 Å². The van der Waals surface area contributed by atoms with E-state index in [1.54, 1.807) is 44.3 Å². The van der Waals surface area contributed by atoms with Gasteiger partial charge in [-0.2, -0.15) is 0 Å². The second kappa shape index (κ2) is 11.7. The van der Waals surface area contributed by atoms with Gasteiger partial charge < -0.3 is 10.5 Å². The van der Waals surface area contributed by atoms with E-state index in [1.165, 1.54) is 6.21 Å². The number of nitrogens with one attached hydrogen (secondary N) is 1. The molecule has 1 aromatic rings. The van der Waals surface area contributed by atoms with Crippen molar-refractivity contribution in [3.8, 4) is 0 Å². The summed E-state index contributed by atoms with van der Waals surface area (Å²) in [7, 11) is 0. The molecule has 2 N–H and O–H groups in total. The van der Waals surface area contributed by atoms with Crippen molar-refractivity contribution in [3.05, 3.63) is 54.9 Å². The third kappa shape index (κ3) is 8.42. The Morgan fingerprint density at radius 3 is 2.33 bits per heavy atom. The van der Waals surface area contributed by atoms with E-state index in [2.05, 4.69) is 11.6 Å². The lowest BCUT2D eigenvalue weighted by molar-refractivity contribution is 0.106. The van der Waals surface area contributed by atoms with E-state index in [-0.39, 0.29) is 0 Å². The first-order valence-electron chi connectivity index (χ1n) is 5.97. The molecule has 1 unspecified atom stereocenters. The summed E-state index contributed by atoms with van der Waals surface area (Å²) in [6.07, 6.45) is 7.89. The fraction of sp³-hybridized carbons (Fsp3) is 0.333. The molecule has 1 atom stereocenters. The second-order valence-corrected chi connectivity index (χ2v) is 3.25. The molecule has 0 fully saturated rings. The van der Waals surface area contributed by atoms with Crippen LogP contribution in [0.2, 0.25) is 0 Å². The van der Waals surface area contributed by atoms with Crippen molar-refractivity contribution in [1.82, 2.24) is 4.98 Å². The van der Waals surface area contributed by atoms with Crippen LogP contribution in [0.15, 0.2) is 49.2 Å². The van der Waals surface area contributed by atoms with Gasteiger partial charge in [-0.25, -0.2) is 0 Å². The number of rotatable bonds is 3.